The molecule has 0 aliphatic heterocycles. The van der Waals surface area contributed by atoms with Crippen LogP contribution in [0, 0.1) is 0 Å². The fourth-order valence-corrected chi connectivity index (χ4v) is 3.33. The highest BCUT2D eigenvalue weighted by molar-refractivity contribution is 9.10. The van der Waals surface area contributed by atoms with Crippen LogP contribution in [-0.4, -0.2) is 13.1 Å². The van der Waals surface area contributed by atoms with Crippen LogP contribution in [-0.2, 0) is 10.5 Å². The molecule has 2 rings (SSSR count). The number of halogens is 2. The van der Waals surface area contributed by atoms with Crippen molar-refractivity contribution in [3.8, 4) is 0 Å². The number of esters is 1. The lowest BCUT2D eigenvalue weighted by molar-refractivity contribution is 0.0600. The van der Waals surface area contributed by atoms with Crippen LogP contribution in [0.3, 0.4) is 0 Å². The first-order valence-electron chi connectivity index (χ1n) is 5.85. The Morgan fingerprint density at radius 2 is 1.95 bits per heavy atom. The van der Waals surface area contributed by atoms with E-state index >= 15 is 0 Å². The summed E-state index contributed by atoms with van der Waals surface area (Å²) >= 11 is 11.1. The molecule has 0 aromatic heterocycles. The number of carbonyl (C=O) groups is 1. The van der Waals surface area contributed by atoms with Gasteiger partial charge in [0.1, 0.15) is 0 Å². The largest absolute Gasteiger partial charge is 0.465 e. The third-order valence-electron chi connectivity index (χ3n) is 2.68. The van der Waals surface area contributed by atoms with Crippen LogP contribution in [0.25, 0.3) is 0 Å². The van der Waals surface area contributed by atoms with E-state index in [2.05, 4.69) is 15.9 Å². The molecule has 0 saturated heterocycles. The highest BCUT2D eigenvalue weighted by Gasteiger charge is 2.08. The Morgan fingerprint density at radius 3 is 2.55 bits per heavy atom. The molecule has 0 amide bonds. The number of rotatable bonds is 4. The quantitative estimate of drug-likeness (QED) is 0.547. The van der Waals surface area contributed by atoms with E-state index in [0.717, 1.165) is 25.7 Å². The zero-order valence-electron chi connectivity index (χ0n) is 10.7. The van der Waals surface area contributed by atoms with E-state index in [0.29, 0.717) is 5.56 Å². The summed E-state index contributed by atoms with van der Waals surface area (Å²) in [6, 6.07) is 13.2. The van der Waals surface area contributed by atoms with Crippen molar-refractivity contribution in [2.24, 2.45) is 0 Å². The van der Waals surface area contributed by atoms with E-state index in [-0.39, 0.29) is 5.97 Å². The summed E-state index contributed by atoms with van der Waals surface area (Å²) in [4.78, 5) is 12.6. The number of carbonyl (C=O) groups excluding carboxylic acids is 1. The standard InChI is InChI=1S/C15H12BrClO2S/c1-19-15(18)10-2-3-11(14(16)8-10)9-20-13-6-4-12(17)5-7-13/h2-8H,9H2,1H3. The van der Waals surface area contributed by atoms with Crippen molar-refractivity contribution < 1.29 is 9.53 Å². The summed E-state index contributed by atoms with van der Waals surface area (Å²) in [7, 11) is 1.38. The Morgan fingerprint density at radius 1 is 1.25 bits per heavy atom. The highest BCUT2D eigenvalue weighted by atomic mass is 79.9. The predicted octanol–water partition coefficient (Wildman–Crippen LogP) is 5.18. The molecule has 0 fully saturated rings. The molecule has 104 valence electrons. The zero-order chi connectivity index (χ0) is 14.5. The molecule has 0 N–H and O–H groups in total. The summed E-state index contributed by atoms with van der Waals surface area (Å²) < 4.78 is 5.60. The van der Waals surface area contributed by atoms with Gasteiger partial charge in [-0.1, -0.05) is 33.6 Å². The molecule has 0 atom stereocenters. The predicted molar refractivity (Wildman–Crippen MR) is 86.5 cm³/mol. The fourth-order valence-electron chi connectivity index (χ4n) is 1.60. The average Bonchev–Trinajstić information content (AvgIpc) is 2.46. The molecule has 0 spiro atoms. The molecule has 2 aromatic carbocycles. The van der Waals surface area contributed by atoms with Gasteiger partial charge in [0.25, 0.3) is 0 Å². The van der Waals surface area contributed by atoms with Gasteiger partial charge in [-0.15, -0.1) is 11.8 Å². The van der Waals surface area contributed by atoms with Crippen molar-refractivity contribution in [3.63, 3.8) is 0 Å². The maximum Gasteiger partial charge on any atom is 0.337 e. The molecule has 5 heteroatoms. The third-order valence-corrected chi connectivity index (χ3v) is 4.73. The van der Waals surface area contributed by atoms with E-state index < -0.39 is 0 Å². The third kappa shape index (κ3) is 4.01. The number of hydrogen-bond acceptors (Lipinski definition) is 3. The Labute approximate surface area is 135 Å². The molecule has 0 heterocycles. The van der Waals surface area contributed by atoms with Crippen molar-refractivity contribution in [1.82, 2.24) is 0 Å². The Balaban J connectivity index is 2.06. The van der Waals surface area contributed by atoms with Crippen LogP contribution in [0.1, 0.15) is 15.9 Å². The van der Waals surface area contributed by atoms with Crippen molar-refractivity contribution in [2.75, 3.05) is 7.11 Å². The molecule has 0 unspecified atom stereocenters. The minimum Gasteiger partial charge on any atom is -0.465 e. The van der Waals surface area contributed by atoms with Crippen LogP contribution in [0.5, 0.6) is 0 Å². The Bertz CT molecular complexity index is 614. The van der Waals surface area contributed by atoms with Crippen molar-refractivity contribution in [3.05, 3.63) is 63.1 Å². The summed E-state index contributed by atoms with van der Waals surface area (Å²) in [6.07, 6.45) is 0. The van der Waals surface area contributed by atoms with Crippen molar-refractivity contribution >= 4 is 45.3 Å². The first kappa shape index (κ1) is 15.4. The molecule has 0 radical (unpaired) electrons. The minimum absolute atomic E-state index is 0.331. The molecule has 0 bridgehead atoms. The number of hydrogen-bond donors (Lipinski definition) is 0. The molecule has 0 aliphatic carbocycles. The zero-order valence-corrected chi connectivity index (χ0v) is 13.9. The van der Waals surface area contributed by atoms with Crippen LogP contribution in [0.2, 0.25) is 5.02 Å². The smallest absolute Gasteiger partial charge is 0.337 e. The number of thioether (sulfide) groups is 1. The summed E-state index contributed by atoms with van der Waals surface area (Å²) in [5.74, 6) is 0.478. The molecule has 0 saturated carbocycles. The summed E-state index contributed by atoms with van der Waals surface area (Å²) in [6.45, 7) is 0. The second-order valence-electron chi connectivity index (χ2n) is 4.04. The molecule has 0 aliphatic rings. The van der Waals surface area contributed by atoms with Crippen LogP contribution in [0.15, 0.2) is 51.8 Å². The van der Waals surface area contributed by atoms with Gasteiger partial charge < -0.3 is 4.74 Å². The SMILES string of the molecule is COC(=O)c1ccc(CSc2ccc(Cl)cc2)c(Br)c1. The summed E-state index contributed by atoms with van der Waals surface area (Å²) in [5, 5.41) is 0.734. The van der Waals surface area contributed by atoms with Gasteiger partial charge in [0.2, 0.25) is 0 Å². The molecular formula is C15H12BrClO2S. The van der Waals surface area contributed by atoms with Gasteiger partial charge in [-0.05, 0) is 42.0 Å². The van der Waals surface area contributed by atoms with E-state index in [4.69, 9.17) is 16.3 Å². The molecule has 2 aromatic rings. The molecular weight excluding hydrogens is 360 g/mol. The van der Waals surface area contributed by atoms with Crippen molar-refractivity contribution in [1.29, 1.82) is 0 Å². The normalized spacial score (nSPS) is 10.3. The molecule has 2 nitrogen and oxygen atoms in total. The lowest BCUT2D eigenvalue weighted by atomic mass is 10.1. The van der Waals surface area contributed by atoms with E-state index in [1.54, 1.807) is 23.9 Å². The van der Waals surface area contributed by atoms with Gasteiger partial charge in [-0.25, -0.2) is 4.79 Å². The van der Waals surface area contributed by atoms with Gasteiger partial charge in [0.05, 0.1) is 12.7 Å². The van der Waals surface area contributed by atoms with Gasteiger partial charge in [-0.3, -0.25) is 0 Å². The first-order valence-corrected chi connectivity index (χ1v) is 8.01. The van der Waals surface area contributed by atoms with Crippen LogP contribution in [0.4, 0.5) is 0 Å². The number of benzene rings is 2. The van der Waals surface area contributed by atoms with Crippen LogP contribution < -0.4 is 0 Å². The second kappa shape index (κ2) is 7.16. The highest BCUT2D eigenvalue weighted by Crippen LogP contribution is 2.28. The topological polar surface area (TPSA) is 26.3 Å². The minimum atomic E-state index is -0.331. The average molecular weight is 372 g/mol. The van der Waals surface area contributed by atoms with Gasteiger partial charge in [-0.2, -0.15) is 0 Å². The lowest BCUT2D eigenvalue weighted by Crippen LogP contribution is -2.01. The second-order valence-corrected chi connectivity index (χ2v) is 6.38. The maximum atomic E-state index is 11.4. The monoisotopic (exact) mass is 370 g/mol. The van der Waals surface area contributed by atoms with Crippen molar-refractivity contribution in [2.45, 2.75) is 10.6 Å². The van der Waals surface area contributed by atoms with E-state index in [9.17, 15) is 4.79 Å². The lowest BCUT2D eigenvalue weighted by Gasteiger charge is -2.07. The van der Waals surface area contributed by atoms with Crippen LogP contribution >= 0.6 is 39.3 Å². The molecule has 20 heavy (non-hydrogen) atoms. The Kier molecular flexibility index (Phi) is 5.52. The maximum absolute atomic E-state index is 11.4. The van der Waals surface area contributed by atoms with Gasteiger partial charge in [0, 0.05) is 20.1 Å². The van der Waals surface area contributed by atoms with E-state index in [1.807, 2.05) is 30.3 Å². The fraction of sp³-hybridized carbons (Fsp3) is 0.133. The van der Waals surface area contributed by atoms with Gasteiger partial charge in [0.15, 0.2) is 0 Å². The summed E-state index contributed by atoms with van der Waals surface area (Å²) in [5.41, 5.74) is 1.66. The first-order chi connectivity index (χ1) is 9.60. The van der Waals surface area contributed by atoms with Gasteiger partial charge >= 0.3 is 5.97 Å². The number of ether oxygens (including phenoxy) is 1. The number of methoxy groups -OCH3 is 1. The van der Waals surface area contributed by atoms with E-state index in [1.165, 1.54) is 7.11 Å². The Hall–Kier alpha value is -0.970.